The number of halogens is 8. The Morgan fingerprint density at radius 1 is 0.857 bits per heavy atom. The highest BCUT2D eigenvalue weighted by Crippen LogP contribution is 2.50. The molecule has 0 fully saturated rings. The van der Waals surface area contributed by atoms with Crippen molar-refractivity contribution < 1.29 is 54.0 Å². The van der Waals surface area contributed by atoms with Crippen LogP contribution < -0.4 is 10.6 Å². The van der Waals surface area contributed by atoms with Crippen LogP contribution in [0.3, 0.4) is 0 Å². The summed E-state index contributed by atoms with van der Waals surface area (Å²) in [6.07, 6.45) is -5.10. The van der Waals surface area contributed by atoms with E-state index in [2.05, 4.69) is 42.9 Å². The van der Waals surface area contributed by atoms with Gasteiger partial charge in [-0.05, 0) is 26.2 Å². The number of rotatable bonds is 10. The minimum Gasteiger partial charge on any atom is -0.317 e. The molecule has 0 rings (SSSR count). The van der Waals surface area contributed by atoms with Crippen molar-refractivity contribution in [2.24, 2.45) is 0 Å². The molecule has 0 heterocycles. The SMILES string of the molecule is CCNCC.CCNCC.O=P(O)(O)OCC(F)(F)C(F)(F)C(F)(F)C(F)F. The van der Waals surface area contributed by atoms with Gasteiger partial charge in [-0.15, -0.1) is 0 Å². The van der Waals surface area contributed by atoms with Crippen molar-refractivity contribution in [1.82, 2.24) is 10.6 Å². The van der Waals surface area contributed by atoms with Crippen LogP contribution in [0.15, 0.2) is 0 Å². The van der Waals surface area contributed by atoms with Crippen molar-refractivity contribution in [3.8, 4) is 0 Å². The number of phosphoric acid groups is 1. The average Bonchev–Trinajstić information content (AvgIpc) is 2.54. The molecule has 0 saturated carbocycles. The molecule has 0 unspecified atom stereocenters. The van der Waals surface area contributed by atoms with Gasteiger partial charge in [0.2, 0.25) is 0 Å². The maximum Gasteiger partial charge on any atom is 0.469 e. The predicted molar refractivity (Wildman–Crippen MR) is 87.3 cm³/mol. The van der Waals surface area contributed by atoms with Gasteiger partial charge in [0.1, 0.15) is 6.61 Å². The van der Waals surface area contributed by atoms with E-state index in [0.29, 0.717) is 0 Å². The van der Waals surface area contributed by atoms with Gasteiger partial charge in [-0.2, -0.15) is 26.3 Å². The maximum atomic E-state index is 12.6. The van der Waals surface area contributed by atoms with E-state index < -0.39 is 38.6 Å². The van der Waals surface area contributed by atoms with E-state index in [1.165, 1.54) is 0 Å². The van der Waals surface area contributed by atoms with Gasteiger partial charge in [-0.1, -0.05) is 27.7 Å². The van der Waals surface area contributed by atoms with Gasteiger partial charge in [0.25, 0.3) is 0 Å². The molecule has 0 aliphatic heterocycles. The highest BCUT2D eigenvalue weighted by molar-refractivity contribution is 7.46. The van der Waals surface area contributed by atoms with Crippen molar-refractivity contribution in [2.45, 2.75) is 51.9 Å². The zero-order valence-electron chi connectivity index (χ0n) is 15.8. The molecule has 0 aliphatic carbocycles. The monoisotopic (exact) mass is 458 g/mol. The van der Waals surface area contributed by atoms with E-state index in [0.717, 1.165) is 26.2 Å². The number of hydrogen-bond acceptors (Lipinski definition) is 4. The minimum atomic E-state index is -6.55. The zero-order chi connectivity index (χ0) is 23.2. The molecule has 0 saturated heterocycles. The molecule has 0 atom stereocenters. The zero-order valence-corrected chi connectivity index (χ0v) is 16.7. The van der Waals surface area contributed by atoms with Crippen molar-refractivity contribution in [2.75, 3.05) is 32.8 Å². The fourth-order valence-electron chi connectivity index (χ4n) is 1.14. The summed E-state index contributed by atoms with van der Waals surface area (Å²) >= 11 is 0. The molecule has 28 heavy (non-hydrogen) atoms. The molecule has 0 aromatic carbocycles. The van der Waals surface area contributed by atoms with Crippen LogP contribution in [0.1, 0.15) is 27.7 Å². The van der Waals surface area contributed by atoms with Crippen molar-refractivity contribution in [3.05, 3.63) is 0 Å². The summed E-state index contributed by atoms with van der Waals surface area (Å²) < 4.78 is 110. The lowest BCUT2D eigenvalue weighted by molar-refractivity contribution is -0.342. The highest BCUT2D eigenvalue weighted by Gasteiger charge is 2.75. The lowest BCUT2D eigenvalue weighted by atomic mass is 10.1. The number of phosphoric ester groups is 1. The molecular weight excluding hydrogens is 431 g/mol. The Morgan fingerprint density at radius 2 is 1.18 bits per heavy atom. The van der Waals surface area contributed by atoms with Gasteiger partial charge in [-0.25, -0.2) is 13.3 Å². The Bertz CT molecular complexity index is 429. The average molecular weight is 458 g/mol. The van der Waals surface area contributed by atoms with Crippen molar-refractivity contribution in [1.29, 1.82) is 0 Å². The Kier molecular flexibility index (Phi) is 16.6. The molecule has 15 heteroatoms. The topological polar surface area (TPSA) is 90.8 Å². The van der Waals surface area contributed by atoms with Crippen LogP contribution in [0.25, 0.3) is 0 Å². The van der Waals surface area contributed by atoms with Crippen LogP contribution in [0, 0.1) is 0 Å². The van der Waals surface area contributed by atoms with Gasteiger partial charge in [0.05, 0.1) is 0 Å². The van der Waals surface area contributed by atoms with Gasteiger partial charge < -0.3 is 20.4 Å². The van der Waals surface area contributed by atoms with E-state index in [4.69, 9.17) is 9.79 Å². The molecule has 0 aromatic rings. The molecule has 4 N–H and O–H groups in total. The van der Waals surface area contributed by atoms with Crippen molar-refractivity contribution in [3.63, 3.8) is 0 Å². The molecule has 6 nitrogen and oxygen atoms in total. The summed E-state index contributed by atoms with van der Waals surface area (Å²) in [6, 6.07) is 0. The normalized spacial score (nSPS) is 12.8. The first kappa shape index (κ1) is 32.1. The van der Waals surface area contributed by atoms with E-state index in [1.807, 2.05) is 0 Å². The third-order valence-corrected chi connectivity index (χ3v) is 3.03. The number of hydrogen-bond donors (Lipinski definition) is 4. The Hall–Kier alpha value is -0.530. The smallest absolute Gasteiger partial charge is 0.317 e. The van der Waals surface area contributed by atoms with Gasteiger partial charge in [-0.3, -0.25) is 4.52 Å². The summed E-state index contributed by atoms with van der Waals surface area (Å²) in [4.78, 5) is 15.9. The van der Waals surface area contributed by atoms with Crippen molar-refractivity contribution >= 4 is 7.82 Å². The molecule has 0 spiro atoms. The van der Waals surface area contributed by atoms with Crippen LogP contribution in [-0.2, 0) is 9.09 Å². The molecule has 0 bridgehead atoms. The summed E-state index contributed by atoms with van der Waals surface area (Å²) in [7, 11) is -5.65. The second kappa shape index (κ2) is 14.5. The third kappa shape index (κ3) is 12.8. The van der Waals surface area contributed by atoms with Crippen LogP contribution in [0.2, 0.25) is 0 Å². The standard InChI is InChI=1S/C5H5F8O4P.2C4H11N/c6-2(7)4(10,11)5(12,13)3(8,9)1-17-18(14,15)16;2*1-3-5-4-2/h2H,1H2,(H2,14,15,16);2*5H,3-4H2,1-2H3. The first-order chi connectivity index (χ1) is 12.5. The van der Waals surface area contributed by atoms with Crippen LogP contribution >= 0.6 is 7.82 Å². The lowest BCUT2D eigenvalue weighted by Crippen LogP contribution is -2.59. The second-order valence-corrected chi connectivity index (χ2v) is 6.12. The highest BCUT2D eigenvalue weighted by atomic mass is 31.2. The summed E-state index contributed by atoms with van der Waals surface area (Å²) in [5.41, 5.74) is 0. The molecule has 0 aliphatic rings. The first-order valence-electron chi connectivity index (χ1n) is 8.01. The Labute approximate surface area is 158 Å². The molecular formula is C13H27F8N2O4P. The van der Waals surface area contributed by atoms with E-state index >= 15 is 0 Å². The van der Waals surface area contributed by atoms with E-state index in [9.17, 15) is 39.7 Å². The molecule has 0 amide bonds. The van der Waals surface area contributed by atoms with Gasteiger partial charge >= 0.3 is 32.0 Å². The lowest BCUT2D eigenvalue weighted by Gasteiger charge is -2.31. The summed E-state index contributed by atoms with van der Waals surface area (Å²) in [5.74, 6) is -18.9. The van der Waals surface area contributed by atoms with Crippen LogP contribution in [-0.4, -0.2) is 66.8 Å². The fourth-order valence-corrected chi connectivity index (χ4v) is 1.47. The molecule has 0 radical (unpaired) electrons. The Balaban J connectivity index is -0.000000512. The molecule has 0 aromatic heterocycles. The number of nitrogens with one attached hydrogen (secondary N) is 2. The van der Waals surface area contributed by atoms with Gasteiger partial charge in [0.15, 0.2) is 0 Å². The van der Waals surface area contributed by atoms with Crippen LogP contribution in [0.4, 0.5) is 35.1 Å². The summed E-state index contributed by atoms with van der Waals surface area (Å²) in [6.45, 7) is 9.92. The minimum absolute atomic E-state index is 1.09. The third-order valence-electron chi connectivity index (χ3n) is 2.57. The molecule has 174 valence electrons. The maximum absolute atomic E-state index is 12.6. The fraction of sp³-hybridized carbons (Fsp3) is 1.00. The largest absolute Gasteiger partial charge is 0.469 e. The van der Waals surface area contributed by atoms with Crippen LogP contribution in [0.5, 0.6) is 0 Å². The Morgan fingerprint density at radius 3 is 1.36 bits per heavy atom. The van der Waals surface area contributed by atoms with E-state index in [1.54, 1.807) is 0 Å². The van der Waals surface area contributed by atoms with E-state index in [-0.39, 0.29) is 0 Å². The predicted octanol–water partition coefficient (Wildman–Crippen LogP) is 3.50. The van der Waals surface area contributed by atoms with Gasteiger partial charge in [0, 0.05) is 0 Å². The quantitative estimate of drug-likeness (QED) is 0.296. The summed E-state index contributed by atoms with van der Waals surface area (Å²) in [5, 5.41) is 6.22. The first-order valence-corrected chi connectivity index (χ1v) is 9.54. The second-order valence-electron chi connectivity index (χ2n) is 4.88. The number of alkyl halides is 8.